The molecule has 2 fully saturated rings. The number of nitrogens with one attached hydrogen (secondary N) is 1. The van der Waals surface area contributed by atoms with Crippen molar-refractivity contribution in [2.45, 2.75) is 57.5 Å². The number of aromatic nitrogens is 3. The summed E-state index contributed by atoms with van der Waals surface area (Å²) in [4.78, 5) is 0. The largest absolute Gasteiger partial charge is 0.313 e. The van der Waals surface area contributed by atoms with Gasteiger partial charge in [0.25, 0.3) is 0 Å². The van der Waals surface area contributed by atoms with Crippen LogP contribution in [0.3, 0.4) is 0 Å². The summed E-state index contributed by atoms with van der Waals surface area (Å²) in [5.41, 5.74) is 0. The van der Waals surface area contributed by atoms with E-state index in [4.69, 9.17) is 0 Å². The van der Waals surface area contributed by atoms with Crippen LogP contribution in [-0.4, -0.2) is 21.3 Å². The fourth-order valence-electron chi connectivity index (χ4n) is 3.33. The molecule has 2 unspecified atom stereocenters. The zero-order chi connectivity index (χ0) is 11.7. The Labute approximate surface area is 103 Å². The third kappa shape index (κ3) is 2.10. The highest BCUT2D eigenvalue weighted by atomic mass is 15.3. The normalized spacial score (nSPS) is 30.9. The average molecular weight is 234 g/mol. The molecule has 0 radical (unpaired) electrons. The van der Waals surface area contributed by atoms with Crippen molar-refractivity contribution < 1.29 is 0 Å². The highest BCUT2D eigenvalue weighted by molar-refractivity contribution is 5.01. The van der Waals surface area contributed by atoms with E-state index in [1.807, 2.05) is 6.33 Å². The monoisotopic (exact) mass is 234 g/mol. The molecule has 1 aliphatic carbocycles. The molecule has 4 nitrogen and oxygen atoms in total. The van der Waals surface area contributed by atoms with Gasteiger partial charge in [-0.25, -0.2) is 0 Å². The standard InChI is InChI=1S/C13H22N4/c1-10-5-4-8-14-12(10)13-16-15-9-17(13)11-6-2-3-7-11/h9-12,14H,2-8H2,1H3. The van der Waals surface area contributed by atoms with Gasteiger partial charge in [-0.15, -0.1) is 10.2 Å². The van der Waals surface area contributed by atoms with E-state index < -0.39 is 0 Å². The van der Waals surface area contributed by atoms with Crippen LogP contribution in [0.25, 0.3) is 0 Å². The Morgan fingerprint density at radius 2 is 2.06 bits per heavy atom. The van der Waals surface area contributed by atoms with Gasteiger partial charge in [-0.05, 0) is 38.1 Å². The lowest BCUT2D eigenvalue weighted by molar-refractivity contribution is 0.281. The molecule has 1 aromatic heterocycles. The van der Waals surface area contributed by atoms with Crippen molar-refractivity contribution in [2.75, 3.05) is 6.54 Å². The highest BCUT2D eigenvalue weighted by Crippen LogP contribution is 2.34. The fraction of sp³-hybridized carbons (Fsp3) is 0.846. The van der Waals surface area contributed by atoms with E-state index in [9.17, 15) is 0 Å². The maximum absolute atomic E-state index is 4.39. The van der Waals surface area contributed by atoms with Crippen LogP contribution in [-0.2, 0) is 0 Å². The van der Waals surface area contributed by atoms with Crippen LogP contribution in [0, 0.1) is 5.92 Å². The SMILES string of the molecule is CC1CCCNC1c1nncn1C1CCCC1. The number of rotatable bonds is 2. The van der Waals surface area contributed by atoms with E-state index in [-0.39, 0.29) is 0 Å². The summed E-state index contributed by atoms with van der Waals surface area (Å²) in [5, 5.41) is 12.1. The van der Waals surface area contributed by atoms with Crippen LogP contribution in [0.2, 0.25) is 0 Å². The van der Waals surface area contributed by atoms with E-state index in [0.29, 0.717) is 18.0 Å². The Hall–Kier alpha value is -0.900. The first-order chi connectivity index (χ1) is 8.36. The fourth-order valence-corrected chi connectivity index (χ4v) is 3.33. The maximum atomic E-state index is 4.39. The lowest BCUT2D eigenvalue weighted by Crippen LogP contribution is -2.35. The summed E-state index contributed by atoms with van der Waals surface area (Å²) in [7, 11) is 0. The van der Waals surface area contributed by atoms with Gasteiger partial charge in [0, 0.05) is 6.04 Å². The third-order valence-electron chi connectivity index (χ3n) is 4.37. The second-order valence-electron chi connectivity index (χ2n) is 5.59. The minimum atomic E-state index is 0.409. The van der Waals surface area contributed by atoms with Crippen molar-refractivity contribution >= 4 is 0 Å². The van der Waals surface area contributed by atoms with Crippen molar-refractivity contribution in [3.63, 3.8) is 0 Å². The van der Waals surface area contributed by atoms with E-state index in [2.05, 4.69) is 27.0 Å². The van der Waals surface area contributed by atoms with Gasteiger partial charge in [0.15, 0.2) is 5.82 Å². The number of hydrogen-bond acceptors (Lipinski definition) is 3. The van der Waals surface area contributed by atoms with Gasteiger partial charge in [-0.2, -0.15) is 0 Å². The average Bonchev–Trinajstić information content (AvgIpc) is 3.00. The van der Waals surface area contributed by atoms with Gasteiger partial charge in [0.2, 0.25) is 0 Å². The second-order valence-corrected chi connectivity index (χ2v) is 5.59. The van der Waals surface area contributed by atoms with Gasteiger partial charge >= 0.3 is 0 Å². The Morgan fingerprint density at radius 3 is 2.82 bits per heavy atom. The Bertz CT molecular complexity index is 367. The maximum Gasteiger partial charge on any atom is 0.150 e. The Balaban J connectivity index is 1.84. The Kier molecular flexibility index (Phi) is 3.14. The van der Waals surface area contributed by atoms with Crippen molar-refractivity contribution in [3.05, 3.63) is 12.2 Å². The first kappa shape index (κ1) is 11.2. The van der Waals surface area contributed by atoms with Crippen molar-refractivity contribution in [1.82, 2.24) is 20.1 Å². The summed E-state index contributed by atoms with van der Waals surface area (Å²) >= 11 is 0. The second kappa shape index (κ2) is 4.77. The van der Waals surface area contributed by atoms with Gasteiger partial charge in [-0.1, -0.05) is 19.8 Å². The first-order valence-corrected chi connectivity index (χ1v) is 6.99. The third-order valence-corrected chi connectivity index (χ3v) is 4.37. The van der Waals surface area contributed by atoms with E-state index in [0.717, 1.165) is 6.54 Å². The zero-order valence-electron chi connectivity index (χ0n) is 10.6. The lowest BCUT2D eigenvalue weighted by Gasteiger charge is -2.30. The van der Waals surface area contributed by atoms with Gasteiger partial charge < -0.3 is 9.88 Å². The predicted octanol–water partition coefficient (Wildman–Crippen LogP) is 2.45. The summed E-state index contributed by atoms with van der Waals surface area (Å²) < 4.78 is 2.34. The summed E-state index contributed by atoms with van der Waals surface area (Å²) in [5.74, 6) is 1.84. The minimum Gasteiger partial charge on any atom is -0.313 e. The molecule has 4 heteroatoms. The molecule has 3 rings (SSSR count). The van der Waals surface area contributed by atoms with Gasteiger partial charge in [0.05, 0.1) is 6.04 Å². The molecule has 1 aliphatic heterocycles. The molecule has 2 atom stereocenters. The van der Waals surface area contributed by atoms with Crippen molar-refractivity contribution in [2.24, 2.45) is 5.92 Å². The van der Waals surface area contributed by atoms with Crippen LogP contribution in [0.15, 0.2) is 6.33 Å². The van der Waals surface area contributed by atoms with Crippen LogP contribution < -0.4 is 5.32 Å². The first-order valence-electron chi connectivity index (χ1n) is 6.99. The number of nitrogens with zero attached hydrogens (tertiary/aromatic N) is 3. The highest BCUT2D eigenvalue weighted by Gasteiger charge is 2.29. The van der Waals surface area contributed by atoms with Crippen LogP contribution >= 0.6 is 0 Å². The van der Waals surface area contributed by atoms with Gasteiger partial charge in [0.1, 0.15) is 6.33 Å². The molecule has 0 aromatic carbocycles. The molecular weight excluding hydrogens is 212 g/mol. The molecule has 2 heterocycles. The molecule has 17 heavy (non-hydrogen) atoms. The zero-order valence-corrected chi connectivity index (χ0v) is 10.6. The quantitative estimate of drug-likeness (QED) is 0.854. The molecule has 1 aromatic rings. The van der Waals surface area contributed by atoms with Gasteiger partial charge in [-0.3, -0.25) is 0 Å². The summed E-state index contributed by atoms with van der Waals surface area (Å²) in [6, 6.07) is 1.06. The molecular formula is C13H22N4. The molecule has 1 N–H and O–H groups in total. The van der Waals surface area contributed by atoms with Crippen LogP contribution in [0.5, 0.6) is 0 Å². The van der Waals surface area contributed by atoms with Crippen molar-refractivity contribution in [1.29, 1.82) is 0 Å². The predicted molar refractivity (Wildman–Crippen MR) is 66.7 cm³/mol. The molecule has 0 spiro atoms. The summed E-state index contributed by atoms with van der Waals surface area (Å²) in [6.45, 7) is 3.44. The molecule has 0 amide bonds. The smallest absolute Gasteiger partial charge is 0.150 e. The molecule has 94 valence electrons. The van der Waals surface area contributed by atoms with E-state index >= 15 is 0 Å². The van der Waals surface area contributed by atoms with Crippen LogP contribution in [0.4, 0.5) is 0 Å². The van der Waals surface area contributed by atoms with Crippen LogP contribution in [0.1, 0.15) is 63.4 Å². The number of piperidine rings is 1. The minimum absolute atomic E-state index is 0.409. The topological polar surface area (TPSA) is 42.7 Å². The Morgan fingerprint density at radius 1 is 1.24 bits per heavy atom. The number of hydrogen-bond donors (Lipinski definition) is 1. The van der Waals surface area contributed by atoms with E-state index in [1.165, 1.54) is 44.3 Å². The van der Waals surface area contributed by atoms with E-state index in [1.54, 1.807) is 0 Å². The molecule has 1 saturated carbocycles. The summed E-state index contributed by atoms with van der Waals surface area (Å²) in [6.07, 6.45) is 9.84. The molecule has 2 aliphatic rings. The lowest BCUT2D eigenvalue weighted by atomic mass is 9.92. The molecule has 1 saturated heterocycles. The molecule has 0 bridgehead atoms. The van der Waals surface area contributed by atoms with Crippen molar-refractivity contribution in [3.8, 4) is 0 Å².